The molecule has 1 aromatic heterocycles. The van der Waals surface area contributed by atoms with Gasteiger partial charge < -0.3 is 24.1 Å². The number of amides is 1. The van der Waals surface area contributed by atoms with Gasteiger partial charge >= 0.3 is 0 Å². The van der Waals surface area contributed by atoms with Crippen LogP contribution in [0.25, 0.3) is 0 Å². The Hall–Kier alpha value is -2.70. The Morgan fingerprint density at radius 2 is 2.18 bits per heavy atom. The zero-order chi connectivity index (χ0) is 15.5. The molecule has 0 radical (unpaired) electrons. The van der Waals surface area contributed by atoms with E-state index < -0.39 is 6.10 Å². The second-order valence-electron chi connectivity index (χ2n) is 4.84. The SMILES string of the molecule is CC[C@H](Oc1ccc2c(c1)OCO2)C(=O)Nc1cc(C)on1. The van der Waals surface area contributed by atoms with Gasteiger partial charge in [0.2, 0.25) is 6.79 Å². The van der Waals surface area contributed by atoms with Crippen molar-refractivity contribution in [2.75, 3.05) is 12.1 Å². The third-order valence-corrected chi connectivity index (χ3v) is 3.16. The number of hydrogen-bond acceptors (Lipinski definition) is 6. The molecule has 7 heteroatoms. The van der Waals surface area contributed by atoms with E-state index in [1.807, 2.05) is 6.92 Å². The summed E-state index contributed by atoms with van der Waals surface area (Å²) in [7, 11) is 0. The summed E-state index contributed by atoms with van der Waals surface area (Å²) in [5.41, 5.74) is 0. The molecule has 0 spiro atoms. The molecule has 116 valence electrons. The van der Waals surface area contributed by atoms with Crippen molar-refractivity contribution >= 4 is 11.7 Å². The van der Waals surface area contributed by atoms with E-state index in [-0.39, 0.29) is 12.7 Å². The fourth-order valence-corrected chi connectivity index (χ4v) is 2.07. The van der Waals surface area contributed by atoms with Crippen LogP contribution < -0.4 is 19.5 Å². The number of aryl methyl sites for hydroxylation is 1. The van der Waals surface area contributed by atoms with Crippen molar-refractivity contribution in [1.82, 2.24) is 5.16 Å². The number of fused-ring (bicyclic) bond motifs is 1. The van der Waals surface area contributed by atoms with Gasteiger partial charge in [-0.1, -0.05) is 12.1 Å². The summed E-state index contributed by atoms with van der Waals surface area (Å²) >= 11 is 0. The normalized spacial score (nSPS) is 13.7. The summed E-state index contributed by atoms with van der Waals surface area (Å²) in [5, 5.41) is 6.39. The smallest absolute Gasteiger partial charge is 0.266 e. The van der Waals surface area contributed by atoms with Crippen LogP contribution in [-0.2, 0) is 4.79 Å². The Kier molecular flexibility index (Phi) is 3.86. The molecule has 0 saturated heterocycles. The summed E-state index contributed by atoms with van der Waals surface area (Å²) in [4.78, 5) is 12.2. The summed E-state index contributed by atoms with van der Waals surface area (Å²) in [6, 6.07) is 6.84. The minimum absolute atomic E-state index is 0.196. The lowest BCUT2D eigenvalue weighted by Gasteiger charge is -2.16. The van der Waals surface area contributed by atoms with Gasteiger partial charge in [-0.3, -0.25) is 4.79 Å². The zero-order valence-electron chi connectivity index (χ0n) is 12.3. The molecule has 1 atom stereocenters. The van der Waals surface area contributed by atoms with Crippen molar-refractivity contribution in [3.63, 3.8) is 0 Å². The second kappa shape index (κ2) is 5.97. The summed E-state index contributed by atoms with van der Waals surface area (Å²) in [5.74, 6) is 2.54. The molecule has 1 aliphatic heterocycles. The Morgan fingerprint density at radius 1 is 1.36 bits per heavy atom. The largest absolute Gasteiger partial charge is 0.480 e. The number of nitrogens with zero attached hydrogens (tertiary/aromatic N) is 1. The Bertz CT molecular complexity index is 682. The minimum Gasteiger partial charge on any atom is -0.480 e. The fourth-order valence-electron chi connectivity index (χ4n) is 2.07. The van der Waals surface area contributed by atoms with Crippen molar-refractivity contribution in [1.29, 1.82) is 0 Å². The van der Waals surface area contributed by atoms with Crippen LogP contribution in [0.2, 0.25) is 0 Å². The Balaban J connectivity index is 1.67. The Morgan fingerprint density at radius 3 is 2.91 bits per heavy atom. The van der Waals surface area contributed by atoms with Gasteiger partial charge in [-0.15, -0.1) is 0 Å². The number of hydrogen-bond donors (Lipinski definition) is 1. The van der Waals surface area contributed by atoms with Gasteiger partial charge in [-0.05, 0) is 25.5 Å². The van der Waals surface area contributed by atoms with E-state index in [0.29, 0.717) is 35.2 Å². The highest BCUT2D eigenvalue weighted by Crippen LogP contribution is 2.35. The van der Waals surface area contributed by atoms with Crippen molar-refractivity contribution in [3.05, 3.63) is 30.0 Å². The molecule has 0 saturated carbocycles. The second-order valence-corrected chi connectivity index (χ2v) is 4.84. The molecule has 22 heavy (non-hydrogen) atoms. The highest BCUT2D eigenvalue weighted by atomic mass is 16.7. The van der Waals surface area contributed by atoms with Crippen LogP contribution in [0, 0.1) is 6.92 Å². The van der Waals surface area contributed by atoms with Gasteiger partial charge in [0.15, 0.2) is 23.4 Å². The van der Waals surface area contributed by atoms with Gasteiger partial charge in [-0.25, -0.2) is 0 Å². The first-order chi connectivity index (χ1) is 10.7. The number of nitrogens with one attached hydrogen (secondary N) is 1. The first-order valence-corrected chi connectivity index (χ1v) is 6.96. The monoisotopic (exact) mass is 304 g/mol. The van der Waals surface area contributed by atoms with Gasteiger partial charge in [-0.2, -0.15) is 0 Å². The molecule has 0 aliphatic carbocycles. The van der Waals surface area contributed by atoms with Gasteiger partial charge in [0, 0.05) is 12.1 Å². The van der Waals surface area contributed by atoms with Crippen LogP contribution in [0.15, 0.2) is 28.8 Å². The van der Waals surface area contributed by atoms with Crippen LogP contribution in [0.1, 0.15) is 19.1 Å². The van der Waals surface area contributed by atoms with E-state index in [9.17, 15) is 4.79 Å². The maximum absolute atomic E-state index is 12.2. The number of anilines is 1. The first kappa shape index (κ1) is 14.2. The predicted octanol–water partition coefficient (Wildman–Crippen LogP) is 2.51. The molecular formula is C15H16N2O5. The maximum atomic E-state index is 12.2. The summed E-state index contributed by atoms with van der Waals surface area (Å²) in [6.45, 7) is 3.82. The highest BCUT2D eigenvalue weighted by molar-refractivity contribution is 5.93. The predicted molar refractivity (Wildman–Crippen MR) is 77.1 cm³/mol. The van der Waals surface area contributed by atoms with E-state index in [0.717, 1.165) is 0 Å². The van der Waals surface area contributed by atoms with Crippen LogP contribution in [0.3, 0.4) is 0 Å². The number of ether oxygens (including phenoxy) is 3. The number of aromatic nitrogens is 1. The number of rotatable bonds is 5. The van der Waals surface area contributed by atoms with E-state index in [2.05, 4.69) is 10.5 Å². The van der Waals surface area contributed by atoms with E-state index >= 15 is 0 Å². The molecule has 0 bridgehead atoms. The van der Waals surface area contributed by atoms with Gasteiger partial charge in [0.25, 0.3) is 5.91 Å². The molecule has 7 nitrogen and oxygen atoms in total. The standard InChI is InChI=1S/C15H16N2O5/c1-3-11(15(18)16-14-6-9(2)22-17-14)21-10-4-5-12-13(7-10)20-8-19-12/h4-7,11H,3,8H2,1-2H3,(H,16,17,18)/t11-/m0/s1. The quantitative estimate of drug-likeness (QED) is 0.914. The average molecular weight is 304 g/mol. The molecule has 1 amide bonds. The van der Waals surface area contributed by atoms with Crippen molar-refractivity contribution in [3.8, 4) is 17.2 Å². The van der Waals surface area contributed by atoms with Crippen LogP contribution in [-0.4, -0.2) is 24.0 Å². The third kappa shape index (κ3) is 2.98. The topological polar surface area (TPSA) is 82.8 Å². The van der Waals surface area contributed by atoms with Crippen molar-refractivity contribution in [2.24, 2.45) is 0 Å². The molecule has 2 heterocycles. The van der Waals surface area contributed by atoms with Gasteiger partial charge in [0.1, 0.15) is 11.5 Å². The molecule has 0 unspecified atom stereocenters. The summed E-state index contributed by atoms with van der Waals surface area (Å²) < 4.78 is 21.2. The number of carbonyl (C=O) groups excluding carboxylic acids is 1. The summed E-state index contributed by atoms with van der Waals surface area (Å²) in [6.07, 6.45) is -0.130. The van der Waals surface area contributed by atoms with Crippen molar-refractivity contribution in [2.45, 2.75) is 26.4 Å². The van der Waals surface area contributed by atoms with Crippen LogP contribution in [0.5, 0.6) is 17.2 Å². The first-order valence-electron chi connectivity index (χ1n) is 6.96. The number of carbonyl (C=O) groups is 1. The Labute approximate surface area is 127 Å². The van der Waals surface area contributed by atoms with E-state index in [4.69, 9.17) is 18.7 Å². The fraction of sp³-hybridized carbons (Fsp3) is 0.333. The highest BCUT2D eigenvalue weighted by Gasteiger charge is 2.21. The van der Waals surface area contributed by atoms with Crippen molar-refractivity contribution < 1.29 is 23.5 Å². The van der Waals surface area contributed by atoms with Crippen LogP contribution in [0.4, 0.5) is 5.82 Å². The van der Waals surface area contributed by atoms with E-state index in [1.54, 1.807) is 31.2 Å². The molecule has 0 fully saturated rings. The molecular weight excluding hydrogens is 288 g/mol. The maximum Gasteiger partial charge on any atom is 0.266 e. The lowest BCUT2D eigenvalue weighted by atomic mass is 10.2. The van der Waals surface area contributed by atoms with Gasteiger partial charge in [0.05, 0.1) is 0 Å². The van der Waals surface area contributed by atoms with Crippen LogP contribution >= 0.6 is 0 Å². The molecule has 2 aromatic rings. The average Bonchev–Trinajstić information content (AvgIpc) is 3.12. The van der Waals surface area contributed by atoms with E-state index in [1.165, 1.54) is 0 Å². The number of benzene rings is 1. The molecule has 3 rings (SSSR count). The molecule has 1 N–H and O–H groups in total. The lowest BCUT2D eigenvalue weighted by Crippen LogP contribution is -2.32. The lowest BCUT2D eigenvalue weighted by molar-refractivity contribution is -0.122. The zero-order valence-corrected chi connectivity index (χ0v) is 12.3. The molecule has 1 aliphatic rings. The third-order valence-electron chi connectivity index (χ3n) is 3.16. The molecule has 1 aromatic carbocycles. The minimum atomic E-state index is -0.641.